The summed E-state index contributed by atoms with van der Waals surface area (Å²) in [4.78, 5) is 2.39. The fourth-order valence-electron chi connectivity index (χ4n) is 4.66. The molecule has 3 rings (SSSR count). The van der Waals surface area contributed by atoms with Gasteiger partial charge >= 0.3 is 0 Å². The lowest BCUT2D eigenvalue weighted by molar-refractivity contribution is -0.214. The van der Waals surface area contributed by atoms with E-state index in [1.165, 1.54) is 24.0 Å². The molecule has 0 aromatic heterocycles. The van der Waals surface area contributed by atoms with Gasteiger partial charge in [0, 0.05) is 11.5 Å². The smallest absolute Gasteiger partial charge is 0.134 e. The summed E-state index contributed by atoms with van der Waals surface area (Å²) in [5.41, 5.74) is 2.48. The minimum absolute atomic E-state index is 0.0437. The molecule has 2 nitrogen and oxygen atoms in total. The highest BCUT2D eigenvalue weighted by molar-refractivity contribution is 5.53. The molecule has 0 N–H and O–H groups in total. The molecule has 0 unspecified atom stereocenters. The molecule has 134 valence electrons. The second-order valence-electron chi connectivity index (χ2n) is 8.34. The van der Waals surface area contributed by atoms with Crippen molar-refractivity contribution >= 4 is 6.08 Å². The van der Waals surface area contributed by atoms with Crippen molar-refractivity contribution in [3.8, 4) is 12.3 Å². The first kappa shape index (κ1) is 18.2. The van der Waals surface area contributed by atoms with Crippen molar-refractivity contribution in [3.63, 3.8) is 0 Å². The molecular formula is C23H31NO. The van der Waals surface area contributed by atoms with Gasteiger partial charge in [-0.25, -0.2) is 0 Å². The molecular weight excluding hydrogens is 306 g/mol. The molecule has 0 bridgehead atoms. The SMILES string of the molecule is C#CCN1[C@H](/C(C)=C/c2ccccc2)O[C@@H]2C[C@H](C)CC[C@H]2C1(C)C. The Morgan fingerprint density at radius 1 is 1.32 bits per heavy atom. The Morgan fingerprint density at radius 2 is 2.04 bits per heavy atom. The summed E-state index contributed by atoms with van der Waals surface area (Å²) in [6.45, 7) is 9.84. The summed E-state index contributed by atoms with van der Waals surface area (Å²) in [6.07, 6.45) is 11.9. The van der Waals surface area contributed by atoms with Crippen molar-refractivity contribution in [3.05, 3.63) is 41.5 Å². The topological polar surface area (TPSA) is 12.5 Å². The van der Waals surface area contributed by atoms with Crippen LogP contribution in [0.5, 0.6) is 0 Å². The lowest BCUT2D eigenvalue weighted by Gasteiger charge is -2.57. The van der Waals surface area contributed by atoms with Gasteiger partial charge in [0.15, 0.2) is 0 Å². The third-order valence-electron chi connectivity index (χ3n) is 6.13. The molecule has 1 saturated heterocycles. The third-order valence-corrected chi connectivity index (χ3v) is 6.13. The summed E-state index contributed by atoms with van der Waals surface area (Å²) < 4.78 is 6.66. The molecule has 2 fully saturated rings. The minimum Gasteiger partial charge on any atom is -0.356 e. The van der Waals surface area contributed by atoms with E-state index in [0.717, 1.165) is 12.3 Å². The van der Waals surface area contributed by atoms with E-state index in [1.54, 1.807) is 0 Å². The Morgan fingerprint density at radius 3 is 2.72 bits per heavy atom. The van der Waals surface area contributed by atoms with Crippen molar-refractivity contribution in [2.24, 2.45) is 11.8 Å². The lowest BCUT2D eigenvalue weighted by atomic mass is 9.69. The molecule has 0 radical (unpaired) electrons. The van der Waals surface area contributed by atoms with Crippen LogP contribution in [0, 0.1) is 24.2 Å². The van der Waals surface area contributed by atoms with Gasteiger partial charge in [0.25, 0.3) is 0 Å². The lowest BCUT2D eigenvalue weighted by Crippen LogP contribution is -2.64. The number of rotatable bonds is 3. The van der Waals surface area contributed by atoms with E-state index in [4.69, 9.17) is 11.2 Å². The zero-order valence-corrected chi connectivity index (χ0v) is 16.0. The molecule has 1 heterocycles. The van der Waals surface area contributed by atoms with Gasteiger partial charge in [-0.1, -0.05) is 55.7 Å². The Kier molecular flexibility index (Phi) is 5.37. The van der Waals surface area contributed by atoms with Crippen LogP contribution in [-0.2, 0) is 4.74 Å². The predicted molar refractivity (Wildman–Crippen MR) is 105 cm³/mol. The number of fused-ring (bicyclic) bond motifs is 1. The van der Waals surface area contributed by atoms with E-state index in [9.17, 15) is 0 Å². The minimum atomic E-state index is -0.0437. The standard InChI is InChI=1S/C23H31NO/c1-6-14-24-22(18(3)16-19-10-8-7-9-11-19)25-21-15-17(2)12-13-20(21)23(24,4)5/h1,7-11,16-17,20-22H,12-15H2,2-5H3/b18-16+/t17-,20-,21-,22+/m1/s1. The average molecular weight is 338 g/mol. The summed E-state index contributed by atoms with van der Waals surface area (Å²) in [7, 11) is 0. The summed E-state index contributed by atoms with van der Waals surface area (Å²) in [6, 6.07) is 10.5. The second-order valence-corrected chi connectivity index (χ2v) is 8.34. The molecule has 1 aliphatic heterocycles. The van der Waals surface area contributed by atoms with Crippen molar-refractivity contribution < 1.29 is 4.74 Å². The predicted octanol–water partition coefficient (Wildman–Crippen LogP) is 4.96. The monoisotopic (exact) mass is 337 g/mol. The Labute approximate surface area is 153 Å². The van der Waals surface area contributed by atoms with Gasteiger partial charge in [-0.05, 0) is 50.7 Å². The number of benzene rings is 1. The quantitative estimate of drug-likeness (QED) is 0.723. The zero-order chi connectivity index (χ0) is 18.0. The second kappa shape index (κ2) is 7.36. The highest BCUT2D eigenvalue weighted by Crippen LogP contribution is 2.46. The van der Waals surface area contributed by atoms with Gasteiger partial charge < -0.3 is 4.74 Å². The number of nitrogens with zero attached hydrogens (tertiary/aromatic N) is 1. The van der Waals surface area contributed by atoms with Crippen LogP contribution in [0.25, 0.3) is 6.08 Å². The number of terminal acetylenes is 1. The van der Waals surface area contributed by atoms with Crippen LogP contribution < -0.4 is 0 Å². The van der Waals surface area contributed by atoms with Gasteiger partial charge in [-0.15, -0.1) is 6.42 Å². The largest absolute Gasteiger partial charge is 0.356 e. The van der Waals surface area contributed by atoms with Gasteiger partial charge in [0.05, 0.1) is 12.6 Å². The van der Waals surface area contributed by atoms with E-state index in [1.807, 2.05) is 6.07 Å². The first-order chi connectivity index (χ1) is 11.9. The molecule has 25 heavy (non-hydrogen) atoms. The maximum Gasteiger partial charge on any atom is 0.134 e. The van der Waals surface area contributed by atoms with E-state index in [0.29, 0.717) is 18.6 Å². The number of ether oxygens (including phenoxy) is 1. The summed E-state index contributed by atoms with van der Waals surface area (Å²) in [5, 5.41) is 0. The average Bonchev–Trinajstić information content (AvgIpc) is 2.57. The fourth-order valence-corrected chi connectivity index (χ4v) is 4.66. The Balaban J connectivity index is 1.93. The first-order valence-electron chi connectivity index (χ1n) is 9.52. The van der Waals surface area contributed by atoms with E-state index in [-0.39, 0.29) is 11.8 Å². The Hall–Kier alpha value is -1.56. The van der Waals surface area contributed by atoms with E-state index in [2.05, 4.69) is 68.9 Å². The van der Waals surface area contributed by atoms with Crippen LogP contribution in [0.1, 0.15) is 52.5 Å². The van der Waals surface area contributed by atoms with Crippen molar-refractivity contribution in [1.82, 2.24) is 4.90 Å². The van der Waals surface area contributed by atoms with Gasteiger partial charge in [-0.2, -0.15) is 0 Å². The van der Waals surface area contributed by atoms with Gasteiger partial charge in [0.2, 0.25) is 0 Å². The van der Waals surface area contributed by atoms with Crippen LogP contribution in [0.15, 0.2) is 35.9 Å². The van der Waals surface area contributed by atoms with Crippen molar-refractivity contribution in [2.75, 3.05) is 6.54 Å². The molecule has 0 spiro atoms. The first-order valence-corrected chi connectivity index (χ1v) is 9.52. The highest BCUT2D eigenvalue weighted by atomic mass is 16.5. The molecule has 1 saturated carbocycles. The normalized spacial score (nSPS) is 32.7. The van der Waals surface area contributed by atoms with Crippen LogP contribution in [0.4, 0.5) is 0 Å². The molecule has 4 atom stereocenters. The molecule has 1 aromatic carbocycles. The molecule has 2 heteroatoms. The fraction of sp³-hybridized carbons (Fsp3) is 0.565. The highest BCUT2D eigenvalue weighted by Gasteiger charge is 2.50. The van der Waals surface area contributed by atoms with E-state index >= 15 is 0 Å². The molecule has 2 aliphatic rings. The number of hydrogen-bond acceptors (Lipinski definition) is 2. The van der Waals surface area contributed by atoms with E-state index < -0.39 is 0 Å². The molecule has 1 aromatic rings. The molecule has 1 aliphatic carbocycles. The third kappa shape index (κ3) is 3.68. The van der Waals surface area contributed by atoms with Crippen LogP contribution >= 0.6 is 0 Å². The van der Waals surface area contributed by atoms with Crippen molar-refractivity contribution in [1.29, 1.82) is 0 Å². The maximum absolute atomic E-state index is 6.66. The van der Waals surface area contributed by atoms with Crippen LogP contribution in [0.2, 0.25) is 0 Å². The van der Waals surface area contributed by atoms with Gasteiger partial charge in [0.1, 0.15) is 6.23 Å². The summed E-state index contributed by atoms with van der Waals surface area (Å²) in [5.74, 6) is 4.16. The van der Waals surface area contributed by atoms with Crippen LogP contribution in [0.3, 0.4) is 0 Å². The summed E-state index contributed by atoms with van der Waals surface area (Å²) >= 11 is 0. The van der Waals surface area contributed by atoms with Gasteiger partial charge in [-0.3, -0.25) is 4.90 Å². The van der Waals surface area contributed by atoms with Crippen molar-refractivity contribution in [2.45, 2.75) is 64.8 Å². The zero-order valence-electron chi connectivity index (χ0n) is 16.0. The van der Waals surface area contributed by atoms with Crippen LogP contribution in [-0.4, -0.2) is 29.3 Å². The number of hydrogen-bond donors (Lipinski definition) is 0. The molecule has 0 amide bonds. The Bertz CT molecular complexity index is 654. The maximum atomic E-state index is 6.66.